The maximum atomic E-state index is 5.60. The SMILES string of the molecule is CCCOc1ccc(-n2ccnc2NC(C)COC)cc1. The maximum absolute atomic E-state index is 5.60. The molecule has 1 heterocycles. The number of aromatic nitrogens is 2. The number of nitrogens with zero attached hydrogens (tertiary/aromatic N) is 2. The quantitative estimate of drug-likeness (QED) is 0.811. The minimum atomic E-state index is 0.198. The molecule has 0 aliphatic rings. The van der Waals surface area contributed by atoms with Gasteiger partial charge in [0.1, 0.15) is 5.75 Å². The molecule has 2 rings (SSSR count). The van der Waals surface area contributed by atoms with Crippen molar-refractivity contribution in [3.63, 3.8) is 0 Å². The van der Waals surface area contributed by atoms with Crippen molar-refractivity contribution >= 4 is 5.95 Å². The Bertz CT molecular complexity index is 537. The second kappa shape index (κ2) is 7.69. The highest BCUT2D eigenvalue weighted by Gasteiger charge is 2.08. The summed E-state index contributed by atoms with van der Waals surface area (Å²) < 4.78 is 12.7. The summed E-state index contributed by atoms with van der Waals surface area (Å²) in [6.07, 6.45) is 4.72. The predicted octanol–water partition coefficient (Wildman–Crippen LogP) is 3.11. The predicted molar refractivity (Wildman–Crippen MR) is 84.3 cm³/mol. The van der Waals surface area contributed by atoms with Crippen molar-refractivity contribution in [1.29, 1.82) is 0 Å². The van der Waals surface area contributed by atoms with Gasteiger partial charge in [-0.25, -0.2) is 4.98 Å². The van der Waals surface area contributed by atoms with Crippen LogP contribution in [0.25, 0.3) is 5.69 Å². The zero-order valence-corrected chi connectivity index (χ0v) is 12.9. The van der Waals surface area contributed by atoms with Gasteiger partial charge in [-0.2, -0.15) is 0 Å². The third-order valence-electron chi connectivity index (χ3n) is 3.02. The van der Waals surface area contributed by atoms with E-state index in [-0.39, 0.29) is 6.04 Å². The molecule has 1 atom stereocenters. The van der Waals surface area contributed by atoms with Crippen LogP contribution in [0.3, 0.4) is 0 Å². The van der Waals surface area contributed by atoms with E-state index >= 15 is 0 Å². The maximum Gasteiger partial charge on any atom is 0.207 e. The van der Waals surface area contributed by atoms with E-state index in [1.165, 1.54) is 0 Å². The average Bonchev–Trinajstić information content (AvgIpc) is 2.94. The van der Waals surface area contributed by atoms with Gasteiger partial charge in [-0.15, -0.1) is 0 Å². The van der Waals surface area contributed by atoms with Crippen LogP contribution >= 0.6 is 0 Å². The van der Waals surface area contributed by atoms with E-state index in [2.05, 4.69) is 24.1 Å². The van der Waals surface area contributed by atoms with Gasteiger partial charge in [0.05, 0.1) is 13.2 Å². The Labute approximate surface area is 125 Å². The minimum Gasteiger partial charge on any atom is -0.494 e. The van der Waals surface area contributed by atoms with Crippen LogP contribution in [-0.2, 0) is 4.74 Å². The molecule has 2 aromatic rings. The van der Waals surface area contributed by atoms with Gasteiger partial charge in [-0.3, -0.25) is 4.57 Å². The van der Waals surface area contributed by atoms with Crippen LogP contribution in [0, 0.1) is 0 Å². The van der Waals surface area contributed by atoms with Crippen molar-refractivity contribution in [3.8, 4) is 11.4 Å². The lowest BCUT2D eigenvalue weighted by atomic mass is 10.3. The highest BCUT2D eigenvalue weighted by molar-refractivity contribution is 5.44. The smallest absolute Gasteiger partial charge is 0.207 e. The first-order chi connectivity index (χ1) is 10.2. The second-order valence-corrected chi connectivity index (χ2v) is 4.96. The summed E-state index contributed by atoms with van der Waals surface area (Å²) in [5.74, 6) is 1.70. The largest absolute Gasteiger partial charge is 0.494 e. The van der Waals surface area contributed by atoms with Crippen LogP contribution < -0.4 is 10.1 Å². The average molecular weight is 289 g/mol. The van der Waals surface area contributed by atoms with E-state index in [0.717, 1.165) is 30.4 Å². The first-order valence-corrected chi connectivity index (χ1v) is 7.26. The summed E-state index contributed by atoms with van der Waals surface area (Å²) in [6.45, 7) is 5.53. The Balaban J connectivity index is 2.09. The molecule has 0 saturated carbocycles. The second-order valence-electron chi connectivity index (χ2n) is 4.96. The van der Waals surface area contributed by atoms with E-state index in [9.17, 15) is 0 Å². The Morgan fingerprint density at radius 1 is 1.29 bits per heavy atom. The standard InChI is InChI=1S/C16H23N3O2/c1-4-11-21-15-7-5-14(6-8-15)19-10-9-17-16(19)18-13(2)12-20-3/h5-10,13H,4,11-12H2,1-3H3,(H,17,18). The van der Waals surface area contributed by atoms with E-state index in [4.69, 9.17) is 9.47 Å². The molecule has 1 aromatic heterocycles. The van der Waals surface area contributed by atoms with Crippen LogP contribution in [0.15, 0.2) is 36.7 Å². The van der Waals surface area contributed by atoms with Crippen LogP contribution in [0.1, 0.15) is 20.3 Å². The number of benzene rings is 1. The molecule has 5 heteroatoms. The van der Waals surface area contributed by atoms with Gasteiger partial charge in [-0.05, 0) is 37.6 Å². The Morgan fingerprint density at radius 2 is 2.05 bits per heavy atom. The van der Waals surface area contributed by atoms with Crippen molar-refractivity contribution in [2.24, 2.45) is 0 Å². The number of hydrogen-bond donors (Lipinski definition) is 1. The molecular weight excluding hydrogens is 266 g/mol. The number of rotatable bonds is 8. The molecule has 1 N–H and O–H groups in total. The van der Waals surface area contributed by atoms with Crippen molar-refractivity contribution in [1.82, 2.24) is 9.55 Å². The third kappa shape index (κ3) is 4.23. The summed E-state index contributed by atoms with van der Waals surface area (Å²) in [7, 11) is 1.69. The molecule has 1 aromatic carbocycles. The van der Waals surface area contributed by atoms with Gasteiger partial charge >= 0.3 is 0 Å². The number of nitrogens with one attached hydrogen (secondary N) is 1. The van der Waals surface area contributed by atoms with E-state index < -0.39 is 0 Å². The van der Waals surface area contributed by atoms with Crippen LogP contribution in [0.2, 0.25) is 0 Å². The molecule has 0 saturated heterocycles. The minimum absolute atomic E-state index is 0.198. The van der Waals surface area contributed by atoms with Gasteiger partial charge in [0, 0.05) is 31.2 Å². The molecule has 0 fully saturated rings. The molecule has 0 aliphatic heterocycles. The van der Waals surface area contributed by atoms with E-state index in [1.54, 1.807) is 13.3 Å². The molecule has 0 amide bonds. The molecular formula is C16H23N3O2. The normalized spacial score (nSPS) is 12.1. The summed E-state index contributed by atoms with van der Waals surface area (Å²) >= 11 is 0. The molecule has 0 radical (unpaired) electrons. The third-order valence-corrected chi connectivity index (χ3v) is 3.02. The molecule has 1 unspecified atom stereocenters. The summed E-state index contributed by atoms with van der Waals surface area (Å²) in [4.78, 5) is 4.35. The fourth-order valence-corrected chi connectivity index (χ4v) is 2.05. The molecule has 114 valence electrons. The van der Waals surface area contributed by atoms with Gasteiger partial charge in [-0.1, -0.05) is 6.92 Å². The van der Waals surface area contributed by atoms with Crippen molar-refractivity contribution in [2.75, 3.05) is 25.6 Å². The lowest BCUT2D eigenvalue weighted by Crippen LogP contribution is -2.22. The van der Waals surface area contributed by atoms with Crippen molar-refractivity contribution in [2.45, 2.75) is 26.3 Å². The zero-order valence-electron chi connectivity index (χ0n) is 12.9. The first-order valence-electron chi connectivity index (χ1n) is 7.26. The molecule has 0 spiro atoms. The van der Waals surface area contributed by atoms with Crippen molar-refractivity contribution < 1.29 is 9.47 Å². The topological polar surface area (TPSA) is 48.3 Å². The number of anilines is 1. The number of imidazole rings is 1. The van der Waals surface area contributed by atoms with Gasteiger partial charge in [0.15, 0.2) is 0 Å². The van der Waals surface area contributed by atoms with Gasteiger partial charge in [0.25, 0.3) is 0 Å². The number of methoxy groups -OCH3 is 1. The Kier molecular flexibility index (Phi) is 5.63. The highest BCUT2D eigenvalue weighted by atomic mass is 16.5. The molecule has 0 bridgehead atoms. The molecule has 21 heavy (non-hydrogen) atoms. The molecule has 0 aliphatic carbocycles. The van der Waals surface area contributed by atoms with Gasteiger partial charge in [0.2, 0.25) is 5.95 Å². The highest BCUT2D eigenvalue weighted by Crippen LogP contribution is 2.19. The van der Waals surface area contributed by atoms with E-state index in [1.807, 2.05) is 35.0 Å². The Hall–Kier alpha value is -2.01. The number of ether oxygens (including phenoxy) is 2. The van der Waals surface area contributed by atoms with Crippen LogP contribution in [0.5, 0.6) is 5.75 Å². The molecule has 5 nitrogen and oxygen atoms in total. The summed E-state index contributed by atoms with van der Waals surface area (Å²) in [5.41, 5.74) is 1.04. The summed E-state index contributed by atoms with van der Waals surface area (Å²) in [5, 5.41) is 3.33. The van der Waals surface area contributed by atoms with Gasteiger partial charge < -0.3 is 14.8 Å². The zero-order chi connectivity index (χ0) is 15.1. The van der Waals surface area contributed by atoms with E-state index in [0.29, 0.717) is 6.61 Å². The first kappa shape index (κ1) is 15.4. The Morgan fingerprint density at radius 3 is 2.71 bits per heavy atom. The van der Waals surface area contributed by atoms with Crippen LogP contribution in [-0.4, -0.2) is 35.9 Å². The lowest BCUT2D eigenvalue weighted by molar-refractivity contribution is 0.190. The summed E-state index contributed by atoms with van der Waals surface area (Å²) in [6, 6.07) is 8.21. The fourth-order valence-electron chi connectivity index (χ4n) is 2.05. The lowest BCUT2D eigenvalue weighted by Gasteiger charge is -2.15. The van der Waals surface area contributed by atoms with Crippen molar-refractivity contribution in [3.05, 3.63) is 36.7 Å². The number of hydrogen-bond acceptors (Lipinski definition) is 4. The monoisotopic (exact) mass is 289 g/mol. The fraction of sp³-hybridized carbons (Fsp3) is 0.438. The van der Waals surface area contributed by atoms with Crippen LogP contribution in [0.4, 0.5) is 5.95 Å².